The van der Waals surface area contributed by atoms with E-state index in [0.29, 0.717) is 12.6 Å². The number of anilines is 1. The van der Waals surface area contributed by atoms with Crippen LogP contribution in [0, 0.1) is 0 Å². The van der Waals surface area contributed by atoms with E-state index in [1.165, 1.54) is 12.8 Å². The molecule has 0 heterocycles. The number of ether oxygens (including phenoxy) is 1. The number of oxime groups is 1. The van der Waals surface area contributed by atoms with Crippen molar-refractivity contribution >= 4 is 23.3 Å². The molecule has 5 nitrogen and oxygen atoms in total. The van der Waals surface area contributed by atoms with Crippen LogP contribution in [0.5, 0.6) is 0 Å². The van der Waals surface area contributed by atoms with Gasteiger partial charge in [0, 0.05) is 30.3 Å². The summed E-state index contributed by atoms with van der Waals surface area (Å²) < 4.78 is 5.20. The molecule has 0 bridgehead atoms. The first-order valence-corrected chi connectivity index (χ1v) is 7.85. The van der Waals surface area contributed by atoms with Crippen molar-refractivity contribution in [1.82, 2.24) is 0 Å². The SMILES string of the molecule is COCCN(c1cccc(SC)c1/C(N)=N/O)C1CC1. The summed E-state index contributed by atoms with van der Waals surface area (Å²) in [6, 6.07) is 6.56. The van der Waals surface area contributed by atoms with Gasteiger partial charge in [0.2, 0.25) is 0 Å². The molecular formula is C14H21N3O2S. The largest absolute Gasteiger partial charge is 0.409 e. The summed E-state index contributed by atoms with van der Waals surface area (Å²) in [6.07, 6.45) is 4.36. The van der Waals surface area contributed by atoms with Crippen LogP contribution in [0.25, 0.3) is 0 Å². The van der Waals surface area contributed by atoms with Crippen LogP contribution in [-0.4, -0.2) is 43.6 Å². The average molecular weight is 295 g/mol. The summed E-state index contributed by atoms with van der Waals surface area (Å²) in [6.45, 7) is 1.47. The predicted octanol–water partition coefficient (Wildman–Crippen LogP) is 2.12. The summed E-state index contributed by atoms with van der Waals surface area (Å²) in [4.78, 5) is 3.32. The standard InChI is InChI=1S/C14H21N3O2S/c1-19-9-8-17(10-6-7-10)11-4-3-5-12(20-2)13(11)14(15)16-18/h3-5,10,18H,6-9H2,1-2H3,(H2,15,16). The van der Waals surface area contributed by atoms with Crippen molar-refractivity contribution in [3.63, 3.8) is 0 Å². The number of methoxy groups -OCH3 is 1. The number of amidine groups is 1. The van der Waals surface area contributed by atoms with Gasteiger partial charge in [-0.25, -0.2) is 0 Å². The summed E-state index contributed by atoms with van der Waals surface area (Å²) in [5.41, 5.74) is 7.72. The van der Waals surface area contributed by atoms with Crippen LogP contribution in [-0.2, 0) is 4.74 Å². The second kappa shape index (κ2) is 6.85. The maximum atomic E-state index is 9.06. The maximum Gasteiger partial charge on any atom is 0.173 e. The molecule has 1 aliphatic carbocycles. The molecule has 3 N–H and O–H groups in total. The molecule has 2 rings (SSSR count). The molecule has 110 valence electrons. The lowest BCUT2D eigenvalue weighted by Gasteiger charge is -2.27. The number of rotatable bonds is 7. The van der Waals surface area contributed by atoms with Crippen molar-refractivity contribution in [2.75, 3.05) is 31.4 Å². The van der Waals surface area contributed by atoms with Crippen molar-refractivity contribution in [2.24, 2.45) is 10.9 Å². The van der Waals surface area contributed by atoms with Crippen LogP contribution in [0.4, 0.5) is 5.69 Å². The fraction of sp³-hybridized carbons (Fsp3) is 0.500. The minimum atomic E-state index is 0.160. The van der Waals surface area contributed by atoms with Crippen molar-refractivity contribution in [1.29, 1.82) is 0 Å². The quantitative estimate of drug-likeness (QED) is 0.265. The molecular weight excluding hydrogens is 274 g/mol. The molecule has 0 atom stereocenters. The van der Waals surface area contributed by atoms with E-state index in [1.54, 1.807) is 18.9 Å². The zero-order valence-electron chi connectivity index (χ0n) is 11.9. The second-order valence-electron chi connectivity index (χ2n) is 4.76. The van der Waals surface area contributed by atoms with E-state index in [1.807, 2.05) is 24.5 Å². The average Bonchev–Trinajstić information content (AvgIpc) is 3.31. The van der Waals surface area contributed by atoms with Gasteiger partial charge >= 0.3 is 0 Å². The van der Waals surface area contributed by atoms with Crippen molar-refractivity contribution in [2.45, 2.75) is 23.8 Å². The fourth-order valence-corrected chi connectivity index (χ4v) is 2.94. The summed E-state index contributed by atoms with van der Waals surface area (Å²) in [5.74, 6) is 0.160. The molecule has 1 saturated carbocycles. The van der Waals surface area contributed by atoms with Crippen molar-refractivity contribution < 1.29 is 9.94 Å². The van der Waals surface area contributed by atoms with Gasteiger partial charge in [-0.15, -0.1) is 11.8 Å². The Hall–Kier alpha value is -1.40. The third-order valence-corrected chi connectivity index (χ3v) is 4.20. The second-order valence-corrected chi connectivity index (χ2v) is 5.61. The first-order chi connectivity index (χ1) is 9.72. The first kappa shape index (κ1) is 15.0. The van der Waals surface area contributed by atoms with Crippen LogP contribution in [0.3, 0.4) is 0 Å². The van der Waals surface area contributed by atoms with E-state index in [0.717, 1.165) is 22.7 Å². The molecule has 1 aliphatic rings. The minimum absolute atomic E-state index is 0.160. The molecule has 0 saturated heterocycles. The van der Waals surface area contributed by atoms with E-state index in [4.69, 9.17) is 15.7 Å². The highest BCUT2D eigenvalue weighted by molar-refractivity contribution is 7.98. The van der Waals surface area contributed by atoms with E-state index >= 15 is 0 Å². The number of hydrogen-bond acceptors (Lipinski definition) is 5. The molecule has 1 aromatic rings. The zero-order chi connectivity index (χ0) is 14.5. The summed E-state index contributed by atoms with van der Waals surface area (Å²) >= 11 is 1.60. The fourth-order valence-electron chi connectivity index (χ4n) is 2.31. The van der Waals surface area contributed by atoms with Gasteiger partial charge < -0.3 is 20.6 Å². The van der Waals surface area contributed by atoms with Crippen LogP contribution in [0.1, 0.15) is 18.4 Å². The van der Waals surface area contributed by atoms with Gasteiger partial charge in [0.25, 0.3) is 0 Å². The molecule has 0 aromatic heterocycles. The lowest BCUT2D eigenvalue weighted by molar-refractivity contribution is 0.205. The summed E-state index contributed by atoms with van der Waals surface area (Å²) in [7, 11) is 1.70. The van der Waals surface area contributed by atoms with E-state index in [2.05, 4.69) is 10.1 Å². The molecule has 0 spiro atoms. The normalized spacial score (nSPS) is 15.4. The lowest BCUT2D eigenvalue weighted by Crippen LogP contribution is -2.32. The highest BCUT2D eigenvalue weighted by Crippen LogP contribution is 2.36. The highest BCUT2D eigenvalue weighted by Gasteiger charge is 2.31. The van der Waals surface area contributed by atoms with Gasteiger partial charge in [0.1, 0.15) is 0 Å². The van der Waals surface area contributed by atoms with Gasteiger partial charge in [0.05, 0.1) is 12.2 Å². The molecule has 0 aliphatic heterocycles. The maximum absolute atomic E-state index is 9.06. The third kappa shape index (κ3) is 3.19. The zero-order valence-corrected chi connectivity index (χ0v) is 12.7. The van der Waals surface area contributed by atoms with Crippen molar-refractivity contribution in [3.8, 4) is 0 Å². The topological polar surface area (TPSA) is 71.1 Å². The smallest absolute Gasteiger partial charge is 0.173 e. The van der Waals surface area contributed by atoms with E-state index in [9.17, 15) is 0 Å². The molecule has 20 heavy (non-hydrogen) atoms. The summed E-state index contributed by atoms with van der Waals surface area (Å²) in [5, 5.41) is 12.2. The Morgan fingerprint density at radius 2 is 2.30 bits per heavy atom. The lowest BCUT2D eigenvalue weighted by atomic mass is 10.1. The van der Waals surface area contributed by atoms with Gasteiger partial charge in [-0.3, -0.25) is 0 Å². The van der Waals surface area contributed by atoms with Gasteiger partial charge in [-0.05, 0) is 31.2 Å². The Labute approximate surface area is 123 Å². The molecule has 1 aromatic carbocycles. The molecule has 6 heteroatoms. The number of nitrogens with zero attached hydrogens (tertiary/aromatic N) is 2. The monoisotopic (exact) mass is 295 g/mol. The van der Waals surface area contributed by atoms with E-state index < -0.39 is 0 Å². The number of hydrogen-bond donors (Lipinski definition) is 2. The van der Waals surface area contributed by atoms with Crippen LogP contribution >= 0.6 is 11.8 Å². The van der Waals surface area contributed by atoms with Crippen LogP contribution in [0.2, 0.25) is 0 Å². The molecule has 0 amide bonds. The van der Waals surface area contributed by atoms with Crippen LogP contribution < -0.4 is 10.6 Å². The first-order valence-electron chi connectivity index (χ1n) is 6.63. The predicted molar refractivity (Wildman–Crippen MR) is 83.0 cm³/mol. The Morgan fingerprint density at radius 1 is 1.55 bits per heavy atom. The third-order valence-electron chi connectivity index (χ3n) is 3.42. The number of nitrogens with two attached hydrogens (primary N) is 1. The van der Waals surface area contributed by atoms with Gasteiger partial charge in [-0.2, -0.15) is 0 Å². The highest BCUT2D eigenvalue weighted by atomic mass is 32.2. The molecule has 0 unspecified atom stereocenters. The Kier molecular flexibility index (Phi) is 5.14. The minimum Gasteiger partial charge on any atom is -0.409 e. The Morgan fingerprint density at radius 3 is 2.85 bits per heavy atom. The van der Waals surface area contributed by atoms with Crippen LogP contribution in [0.15, 0.2) is 28.3 Å². The van der Waals surface area contributed by atoms with E-state index in [-0.39, 0.29) is 5.84 Å². The Bertz CT molecular complexity index is 489. The van der Waals surface area contributed by atoms with Crippen molar-refractivity contribution in [3.05, 3.63) is 23.8 Å². The Balaban J connectivity index is 2.42. The number of benzene rings is 1. The van der Waals surface area contributed by atoms with Gasteiger partial charge in [0.15, 0.2) is 5.84 Å². The number of thioether (sulfide) groups is 1. The van der Waals surface area contributed by atoms with Gasteiger partial charge in [-0.1, -0.05) is 11.2 Å². The molecule has 1 fully saturated rings. The molecule has 0 radical (unpaired) electrons.